The van der Waals surface area contributed by atoms with E-state index in [1.54, 1.807) is 17.0 Å². The minimum atomic E-state index is -3.78. The average molecular weight is 464 g/mol. The zero-order chi connectivity index (χ0) is 23.1. The van der Waals surface area contributed by atoms with Crippen molar-refractivity contribution < 1.29 is 22.7 Å². The molecule has 0 aromatic heterocycles. The maximum Gasteiger partial charge on any atom is 0.247 e. The van der Waals surface area contributed by atoms with E-state index in [1.165, 1.54) is 43.9 Å². The van der Waals surface area contributed by atoms with Gasteiger partial charge in [-0.2, -0.15) is 4.31 Å². The van der Waals surface area contributed by atoms with Crippen LogP contribution < -0.4 is 9.47 Å². The Bertz CT molecular complexity index is 929. The van der Waals surface area contributed by atoms with Gasteiger partial charge in [-0.25, -0.2) is 8.42 Å². The monoisotopic (exact) mass is 463 g/mol. The number of rotatable bonds is 8. The third kappa shape index (κ3) is 5.55. The molecule has 0 spiro atoms. The fourth-order valence-electron chi connectivity index (χ4n) is 4.45. The first-order valence-corrected chi connectivity index (χ1v) is 12.5. The number of carbonyl (C=O) groups excluding carboxylic acids is 1. The number of terminal acetylenes is 1. The van der Waals surface area contributed by atoms with Gasteiger partial charge >= 0.3 is 0 Å². The molecule has 2 aliphatic rings. The molecule has 1 aliphatic carbocycles. The van der Waals surface area contributed by atoms with Crippen molar-refractivity contribution in [2.75, 3.05) is 53.5 Å². The smallest absolute Gasteiger partial charge is 0.247 e. The van der Waals surface area contributed by atoms with Crippen LogP contribution in [0.15, 0.2) is 23.1 Å². The van der Waals surface area contributed by atoms with Crippen LogP contribution in [-0.4, -0.2) is 88.0 Å². The molecule has 1 aromatic rings. The van der Waals surface area contributed by atoms with Crippen LogP contribution in [0.4, 0.5) is 0 Å². The fourth-order valence-corrected chi connectivity index (χ4v) is 6.05. The first kappa shape index (κ1) is 24.4. The van der Waals surface area contributed by atoms with Gasteiger partial charge in [-0.15, -0.1) is 6.42 Å². The highest BCUT2D eigenvalue weighted by molar-refractivity contribution is 7.89. The van der Waals surface area contributed by atoms with Gasteiger partial charge in [-0.3, -0.25) is 9.69 Å². The van der Waals surface area contributed by atoms with Crippen molar-refractivity contribution in [2.24, 2.45) is 0 Å². The number of nitrogens with zero attached hydrogens (tertiary/aromatic N) is 3. The minimum absolute atomic E-state index is 0.00170. The summed E-state index contributed by atoms with van der Waals surface area (Å²) in [5.74, 6) is 3.39. The molecule has 1 amide bonds. The van der Waals surface area contributed by atoms with Crippen molar-refractivity contribution >= 4 is 15.9 Å². The lowest BCUT2D eigenvalue weighted by molar-refractivity contribution is -0.134. The Kier molecular flexibility index (Phi) is 8.40. The van der Waals surface area contributed by atoms with Crippen LogP contribution in [0.25, 0.3) is 0 Å². The van der Waals surface area contributed by atoms with Gasteiger partial charge in [0.05, 0.1) is 27.3 Å². The maximum absolute atomic E-state index is 13.2. The topological polar surface area (TPSA) is 79.4 Å². The Morgan fingerprint density at radius 3 is 2.41 bits per heavy atom. The number of piperazine rings is 1. The van der Waals surface area contributed by atoms with Gasteiger partial charge in [0.2, 0.25) is 15.9 Å². The van der Waals surface area contributed by atoms with E-state index < -0.39 is 10.0 Å². The number of sulfonamides is 1. The van der Waals surface area contributed by atoms with E-state index in [-0.39, 0.29) is 36.2 Å². The van der Waals surface area contributed by atoms with E-state index >= 15 is 0 Å². The van der Waals surface area contributed by atoms with Crippen LogP contribution in [-0.2, 0) is 14.8 Å². The molecule has 0 bridgehead atoms. The molecular formula is C23H33N3O5S. The van der Waals surface area contributed by atoms with E-state index in [1.807, 2.05) is 0 Å². The van der Waals surface area contributed by atoms with E-state index in [0.29, 0.717) is 31.4 Å². The number of hydrogen-bond acceptors (Lipinski definition) is 6. The minimum Gasteiger partial charge on any atom is -0.497 e. The number of carbonyl (C=O) groups is 1. The van der Waals surface area contributed by atoms with Crippen LogP contribution in [0.2, 0.25) is 0 Å². The van der Waals surface area contributed by atoms with E-state index in [2.05, 4.69) is 10.8 Å². The second-order valence-corrected chi connectivity index (χ2v) is 10.1. The molecule has 1 saturated heterocycles. The van der Waals surface area contributed by atoms with Crippen LogP contribution >= 0.6 is 0 Å². The van der Waals surface area contributed by atoms with Crippen LogP contribution in [0, 0.1) is 12.3 Å². The highest BCUT2D eigenvalue weighted by Crippen LogP contribution is 2.31. The van der Waals surface area contributed by atoms with Gasteiger partial charge in [0.25, 0.3) is 0 Å². The third-order valence-electron chi connectivity index (χ3n) is 6.30. The lowest BCUT2D eigenvalue weighted by atomic mass is 9.94. The largest absolute Gasteiger partial charge is 0.497 e. The second kappa shape index (κ2) is 11.0. The highest BCUT2D eigenvalue weighted by Gasteiger charge is 2.33. The predicted molar refractivity (Wildman–Crippen MR) is 122 cm³/mol. The molecule has 8 nitrogen and oxygen atoms in total. The average Bonchev–Trinajstić information content (AvgIpc) is 2.83. The summed E-state index contributed by atoms with van der Waals surface area (Å²) in [6, 6.07) is 5.05. The predicted octanol–water partition coefficient (Wildman–Crippen LogP) is 1.80. The summed E-state index contributed by atoms with van der Waals surface area (Å²) < 4.78 is 38.3. The van der Waals surface area contributed by atoms with E-state index in [4.69, 9.17) is 15.9 Å². The third-order valence-corrected chi connectivity index (χ3v) is 8.22. The highest BCUT2D eigenvalue weighted by atomic mass is 32.2. The molecular weight excluding hydrogens is 430 g/mol. The first-order valence-electron chi connectivity index (χ1n) is 11.1. The Labute approximate surface area is 191 Å². The van der Waals surface area contributed by atoms with Gasteiger partial charge in [0.1, 0.15) is 16.4 Å². The standard InChI is InChI=1S/C23H33N3O5S/c1-4-12-25(19-8-6-5-7-9-19)18-23(27)24-13-15-26(16-14-24)32(28,29)22-17-20(30-2)10-11-21(22)31-3/h1,10-11,17,19H,5-9,12-16,18H2,2-3H3. The molecule has 0 unspecified atom stereocenters. The first-order chi connectivity index (χ1) is 15.4. The van der Waals surface area contributed by atoms with Crippen molar-refractivity contribution in [1.82, 2.24) is 14.1 Å². The molecule has 1 heterocycles. The number of ether oxygens (including phenoxy) is 2. The molecule has 0 N–H and O–H groups in total. The summed E-state index contributed by atoms with van der Waals surface area (Å²) in [5.41, 5.74) is 0. The lowest BCUT2D eigenvalue weighted by Crippen LogP contribution is -2.53. The quantitative estimate of drug-likeness (QED) is 0.547. The molecule has 32 heavy (non-hydrogen) atoms. The zero-order valence-corrected chi connectivity index (χ0v) is 19.8. The molecule has 9 heteroatoms. The Balaban J connectivity index is 1.64. The summed E-state index contributed by atoms with van der Waals surface area (Å²) in [6.07, 6.45) is 11.3. The number of benzene rings is 1. The summed E-state index contributed by atoms with van der Waals surface area (Å²) in [5, 5.41) is 0. The Morgan fingerprint density at radius 2 is 1.81 bits per heavy atom. The van der Waals surface area contributed by atoms with Crippen LogP contribution in [0.5, 0.6) is 11.5 Å². The van der Waals surface area contributed by atoms with Crippen molar-refractivity contribution in [1.29, 1.82) is 0 Å². The number of methoxy groups -OCH3 is 2. The molecule has 1 aromatic carbocycles. The molecule has 176 valence electrons. The maximum atomic E-state index is 13.2. The summed E-state index contributed by atoms with van der Waals surface area (Å²) >= 11 is 0. The van der Waals surface area contributed by atoms with Crippen molar-refractivity contribution in [2.45, 2.75) is 43.0 Å². The van der Waals surface area contributed by atoms with E-state index in [0.717, 1.165) is 12.8 Å². The second-order valence-electron chi connectivity index (χ2n) is 8.20. The Morgan fingerprint density at radius 1 is 1.12 bits per heavy atom. The zero-order valence-electron chi connectivity index (χ0n) is 19.0. The van der Waals surface area contributed by atoms with Gasteiger partial charge in [-0.05, 0) is 25.0 Å². The van der Waals surface area contributed by atoms with Crippen molar-refractivity contribution in [3.05, 3.63) is 18.2 Å². The Hall–Kier alpha value is -2.28. The molecule has 2 fully saturated rings. The molecule has 3 rings (SSSR count). The van der Waals surface area contributed by atoms with Crippen LogP contribution in [0.3, 0.4) is 0 Å². The fraction of sp³-hybridized carbons (Fsp3) is 0.609. The van der Waals surface area contributed by atoms with Gasteiger partial charge in [0, 0.05) is 38.3 Å². The molecule has 1 aliphatic heterocycles. The lowest BCUT2D eigenvalue weighted by Gasteiger charge is -2.37. The number of hydrogen-bond donors (Lipinski definition) is 0. The summed E-state index contributed by atoms with van der Waals surface area (Å²) in [4.78, 5) is 16.9. The number of amides is 1. The van der Waals surface area contributed by atoms with Gasteiger partial charge < -0.3 is 14.4 Å². The van der Waals surface area contributed by atoms with Gasteiger partial charge in [-0.1, -0.05) is 25.2 Å². The summed E-state index contributed by atoms with van der Waals surface area (Å²) in [6.45, 7) is 1.89. The molecule has 0 atom stereocenters. The van der Waals surface area contributed by atoms with E-state index in [9.17, 15) is 13.2 Å². The SMILES string of the molecule is C#CCN(CC(=O)N1CCN(S(=O)(=O)c2cc(OC)ccc2OC)CC1)C1CCCCC1. The van der Waals surface area contributed by atoms with Crippen molar-refractivity contribution in [3.8, 4) is 23.8 Å². The van der Waals surface area contributed by atoms with Crippen molar-refractivity contribution in [3.63, 3.8) is 0 Å². The molecule has 0 radical (unpaired) electrons. The molecule has 1 saturated carbocycles. The van der Waals surface area contributed by atoms with Crippen LogP contribution in [0.1, 0.15) is 32.1 Å². The van der Waals surface area contributed by atoms with Gasteiger partial charge in [0.15, 0.2) is 0 Å². The normalized spacial score (nSPS) is 18.4. The summed E-state index contributed by atoms with van der Waals surface area (Å²) in [7, 11) is -0.860.